The Bertz CT molecular complexity index is 487. The van der Waals surface area contributed by atoms with Crippen molar-refractivity contribution in [3.05, 3.63) is 29.3 Å². The first kappa shape index (κ1) is 16.1. The predicted molar refractivity (Wildman–Crippen MR) is 84.8 cm³/mol. The highest BCUT2D eigenvalue weighted by molar-refractivity contribution is 6.30. The molecule has 5 heteroatoms. The van der Waals surface area contributed by atoms with Gasteiger partial charge in [0.25, 0.3) is 0 Å². The van der Waals surface area contributed by atoms with Crippen molar-refractivity contribution < 1.29 is 9.53 Å². The Kier molecular flexibility index (Phi) is 5.48. The number of benzene rings is 1. The number of nitrogens with zero attached hydrogens (tertiary/aromatic N) is 1. The maximum Gasteiger partial charge on any atom is 0.242 e. The summed E-state index contributed by atoms with van der Waals surface area (Å²) in [6.07, 6.45) is 2.81. The largest absolute Gasteiger partial charge is 0.492 e. The van der Waals surface area contributed by atoms with E-state index >= 15 is 0 Å². The van der Waals surface area contributed by atoms with Crippen LogP contribution in [0.5, 0.6) is 5.75 Å². The van der Waals surface area contributed by atoms with E-state index in [1.165, 1.54) is 0 Å². The van der Waals surface area contributed by atoms with Crippen molar-refractivity contribution in [3.63, 3.8) is 0 Å². The Hall–Kier alpha value is -1.26. The fourth-order valence-corrected chi connectivity index (χ4v) is 2.95. The Morgan fingerprint density at radius 3 is 2.95 bits per heavy atom. The molecule has 4 nitrogen and oxygen atoms in total. The lowest BCUT2D eigenvalue weighted by molar-refractivity contribution is -0.137. The minimum atomic E-state index is -0.370. The molecule has 0 aromatic heterocycles. The highest BCUT2D eigenvalue weighted by atomic mass is 35.5. The Balaban J connectivity index is 1.84. The molecule has 116 valence electrons. The van der Waals surface area contributed by atoms with Crippen LogP contribution in [0.4, 0.5) is 0 Å². The fourth-order valence-electron chi connectivity index (χ4n) is 2.77. The SMILES string of the molecule is CCC1(C(=O)N(C)CCOc2cccc(Cl)c2)CCCN1. The standard InChI is InChI=1S/C16H23ClN2O2/c1-3-16(8-5-9-18-16)15(20)19(2)10-11-21-14-7-4-6-13(17)12-14/h4,6-7,12,18H,3,5,8-11H2,1-2H3. The molecule has 1 unspecified atom stereocenters. The van der Waals surface area contributed by atoms with E-state index in [0.29, 0.717) is 18.2 Å². The van der Waals surface area contributed by atoms with Crippen molar-refractivity contribution in [1.29, 1.82) is 0 Å². The van der Waals surface area contributed by atoms with Crippen LogP contribution in [0.2, 0.25) is 5.02 Å². The van der Waals surface area contributed by atoms with Gasteiger partial charge in [0.2, 0.25) is 5.91 Å². The van der Waals surface area contributed by atoms with E-state index in [1.54, 1.807) is 17.0 Å². The number of ether oxygens (including phenoxy) is 1. The lowest BCUT2D eigenvalue weighted by Gasteiger charge is -2.31. The second-order valence-corrected chi connectivity index (χ2v) is 5.93. The molecule has 0 saturated carbocycles. The number of carbonyl (C=O) groups is 1. The third-order valence-corrected chi connectivity index (χ3v) is 4.33. The summed E-state index contributed by atoms with van der Waals surface area (Å²) in [5.41, 5.74) is -0.370. The van der Waals surface area contributed by atoms with Crippen molar-refractivity contribution in [3.8, 4) is 5.75 Å². The van der Waals surface area contributed by atoms with Gasteiger partial charge < -0.3 is 15.0 Å². The van der Waals surface area contributed by atoms with E-state index < -0.39 is 0 Å². The van der Waals surface area contributed by atoms with Gasteiger partial charge in [0.05, 0.1) is 12.1 Å². The highest BCUT2D eigenvalue weighted by Crippen LogP contribution is 2.25. The number of amides is 1. The Morgan fingerprint density at radius 2 is 2.33 bits per heavy atom. The average Bonchev–Trinajstić information content (AvgIpc) is 2.96. The lowest BCUT2D eigenvalue weighted by atomic mass is 9.92. The van der Waals surface area contributed by atoms with E-state index in [0.717, 1.165) is 31.6 Å². The van der Waals surface area contributed by atoms with Gasteiger partial charge in [0.1, 0.15) is 12.4 Å². The lowest BCUT2D eigenvalue weighted by Crippen LogP contribution is -2.54. The van der Waals surface area contributed by atoms with Gasteiger partial charge in [-0.2, -0.15) is 0 Å². The third-order valence-electron chi connectivity index (χ3n) is 4.09. The third kappa shape index (κ3) is 3.89. The van der Waals surface area contributed by atoms with Crippen LogP contribution < -0.4 is 10.1 Å². The molecule has 1 saturated heterocycles. The van der Waals surface area contributed by atoms with Crippen LogP contribution in [0.3, 0.4) is 0 Å². The first-order valence-corrected chi connectivity index (χ1v) is 7.84. The van der Waals surface area contributed by atoms with Gasteiger partial charge in [-0.15, -0.1) is 0 Å². The van der Waals surface area contributed by atoms with E-state index in [4.69, 9.17) is 16.3 Å². The van der Waals surface area contributed by atoms with Crippen molar-refractivity contribution in [1.82, 2.24) is 10.2 Å². The molecule has 1 aromatic carbocycles. The van der Waals surface area contributed by atoms with Crippen LogP contribution >= 0.6 is 11.6 Å². The number of halogens is 1. The molecule has 0 spiro atoms. The zero-order valence-corrected chi connectivity index (χ0v) is 13.4. The summed E-state index contributed by atoms with van der Waals surface area (Å²) < 4.78 is 5.64. The normalized spacial score (nSPS) is 21.3. The monoisotopic (exact) mass is 310 g/mol. The molecule has 0 radical (unpaired) electrons. The van der Waals surface area contributed by atoms with Crippen molar-refractivity contribution in [2.24, 2.45) is 0 Å². The van der Waals surface area contributed by atoms with E-state index in [-0.39, 0.29) is 11.4 Å². The van der Waals surface area contributed by atoms with Crippen molar-refractivity contribution in [2.45, 2.75) is 31.7 Å². The van der Waals surface area contributed by atoms with Gasteiger partial charge in [-0.3, -0.25) is 4.79 Å². The number of likely N-dealkylation sites (N-methyl/N-ethyl adjacent to an activating group) is 1. The average molecular weight is 311 g/mol. The molecule has 1 heterocycles. The first-order valence-electron chi connectivity index (χ1n) is 7.46. The molecule has 0 aliphatic carbocycles. The Morgan fingerprint density at radius 1 is 1.52 bits per heavy atom. The molecule has 1 amide bonds. The zero-order valence-electron chi connectivity index (χ0n) is 12.7. The maximum atomic E-state index is 12.6. The van der Waals surface area contributed by atoms with Crippen LogP contribution in [0.15, 0.2) is 24.3 Å². The summed E-state index contributed by atoms with van der Waals surface area (Å²) in [5, 5.41) is 4.02. The van der Waals surface area contributed by atoms with Crippen LogP contribution in [0, 0.1) is 0 Å². The second kappa shape index (κ2) is 7.14. The Labute approximate surface area is 131 Å². The first-order chi connectivity index (χ1) is 10.1. The van der Waals surface area contributed by atoms with Gasteiger partial charge >= 0.3 is 0 Å². The van der Waals surface area contributed by atoms with Gasteiger partial charge in [-0.05, 0) is 44.0 Å². The summed E-state index contributed by atoms with van der Waals surface area (Å²) in [4.78, 5) is 14.3. The van der Waals surface area contributed by atoms with Crippen molar-refractivity contribution in [2.75, 3.05) is 26.7 Å². The van der Waals surface area contributed by atoms with Gasteiger partial charge in [0, 0.05) is 12.1 Å². The topological polar surface area (TPSA) is 41.6 Å². The van der Waals surface area contributed by atoms with E-state index in [2.05, 4.69) is 12.2 Å². The summed E-state index contributed by atoms with van der Waals surface area (Å²) >= 11 is 5.91. The number of hydrogen-bond donors (Lipinski definition) is 1. The van der Waals surface area contributed by atoms with Crippen LogP contribution in [0.1, 0.15) is 26.2 Å². The number of hydrogen-bond acceptors (Lipinski definition) is 3. The van der Waals surface area contributed by atoms with Gasteiger partial charge in [0.15, 0.2) is 0 Å². The van der Waals surface area contributed by atoms with Gasteiger partial charge in [-0.1, -0.05) is 24.6 Å². The molecule has 2 rings (SSSR count). The van der Waals surface area contributed by atoms with Crippen LogP contribution in [-0.4, -0.2) is 43.1 Å². The molecule has 1 aromatic rings. The number of carbonyl (C=O) groups excluding carboxylic acids is 1. The minimum Gasteiger partial charge on any atom is -0.492 e. The minimum absolute atomic E-state index is 0.164. The zero-order chi connectivity index (χ0) is 15.3. The molecule has 1 fully saturated rings. The maximum absolute atomic E-state index is 12.6. The van der Waals surface area contributed by atoms with E-state index in [9.17, 15) is 4.79 Å². The second-order valence-electron chi connectivity index (χ2n) is 5.50. The predicted octanol–water partition coefficient (Wildman–Crippen LogP) is 2.71. The molecule has 1 aliphatic rings. The number of nitrogens with one attached hydrogen (secondary N) is 1. The fraction of sp³-hybridized carbons (Fsp3) is 0.562. The van der Waals surface area contributed by atoms with Crippen molar-refractivity contribution >= 4 is 17.5 Å². The van der Waals surface area contributed by atoms with Crippen LogP contribution in [0.25, 0.3) is 0 Å². The molecule has 1 atom stereocenters. The molecule has 1 aliphatic heterocycles. The van der Waals surface area contributed by atoms with E-state index in [1.807, 2.05) is 19.2 Å². The highest BCUT2D eigenvalue weighted by Gasteiger charge is 2.40. The molecular formula is C16H23ClN2O2. The molecular weight excluding hydrogens is 288 g/mol. The molecule has 1 N–H and O–H groups in total. The smallest absolute Gasteiger partial charge is 0.242 e. The summed E-state index contributed by atoms with van der Waals surface area (Å²) in [7, 11) is 1.83. The number of rotatable bonds is 6. The molecule has 0 bridgehead atoms. The summed E-state index contributed by atoms with van der Waals surface area (Å²) in [6.45, 7) is 4.01. The quantitative estimate of drug-likeness (QED) is 0.878. The van der Waals surface area contributed by atoms with Gasteiger partial charge in [-0.25, -0.2) is 0 Å². The summed E-state index contributed by atoms with van der Waals surface area (Å²) in [5.74, 6) is 0.893. The van der Waals surface area contributed by atoms with Crippen LogP contribution in [-0.2, 0) is 4.79 Å². The summed E-state index contributed by atoms with van der Waals surface area (Å²) in [6, 6.07) is 7.29. The molecule has 21 heavy (non-hydrogen) atoms.